The summed E-state index contributed by atoms with van der Waals surface area (Å²) in [5, 5.41) is 6.91. The highest BCUT2D eigenvalue weighted by Crippen LogP contribution is 2.36. The molecule has 88 valence electrons. The third-order valence-corrected chi connectivity index (χ3v) is 3.87. The predicted octanol–water partition coefficient (Wildman–Crippen LogP) is 0.856. The zero-order valence-electron chi connectivity index (χ0n) is 9.96. The normalized spacial score (nSPS) is 33.2. The fourth-order valence-corrected chi connectivity index (χ4v) is 2.45. The summed E-state index contributed by atoms with van der Waals surface area (Å²) in [5.41, 5.74) is 0. The van der Waals surface area contributed by atoms with Crippen LogP contribution in [0.25, 0.3) is 0 Å². The molecule has 0 spiro atoms. The Bertz CT molecular complexity index is 194. The zero-order chi connectivity index (χ0) is 10.7. The maximum Gasteiger partial charge on any atom is 0.0623 e. The molecule has 3 nitrogen and oxygen atoms in total. The van der Waals surface area contributed by atoms with E-state index in [1.165, 1.54) is 19.4 Å². The summed E-state index contributed by atoms with van der Waals surface area (Å²) < 4.78 is 5.48. The van der Waals surface area contributed by atoms with Gasteiger partial charge in [0.25, 0.3) is 0 Å². The molecule has 1 saturated heterocycles. The standard InChI is InChI=1S/C12H24N2O/c1-9(10-3-4-10)5-14-6-11-7-15-8-12(11)13-2/h9-14H,3-8H2,1-2H3. The van der Waals surface area contributed by atoms with E-state index in [2.05, 4.69) is 17.6 Å². The van der Waals surface area contributed by atoms with E-state index in [1.54, 1.807) is 0 Å². The van der Waals surface area contributed by atoms with E-state index in [1.807, 2.05) is 7.05 Å². The second-order valence-corrected chi connectivity index (χ2v) is 5.17. The van der Waals surface area contributed by atoms with Gasteiger partial charge in [0.15, 0.2) is 0 Å². The highest BCUT2D eigenvalue weighted by atomic mass is 16.5. The van der Waals surface area contributed by atoms with Crippen LogP contribution in [0.15, 0.2) is 0 Å². The van der Waals surface area contributed by atoms with Gasteiger partial charge in [0.05, 0.1) is 13.2 Å². The van der Waals surface area contributed by atoms with Crippen LogP contribution in [0.2, 0.25) is 0 Å². The summed E-state index contributed by atoms with van der Waals surface area (Å²) in [5.74, 6) is 2.53. The Morgan fingerprint density at radius 3 is 2.80 bits per heavy atom. The smallest absolute Gasteiger partial charge is 0.0623 e. The highest BCUT2D eigenvalue weighted by Gasteiger charge is 2.29. The fraction of sp³-hybridized carbons (Fsp3) is 1.00. The van der Waals surface area contributed by atoms with E-state index in [4.69, 9.17) is 4.74 Å². The van der Waals surface area contributed by atoms with E-state index in [0.29, 0.717) is 12.0 Å². The minimum atomic E-state index is 0.550. The summed E-state index contributed by atoms with van der Waals surface area (Å²) >= 11 is 0. The minimum Gasteiger partial charge on any atom is -0.379 e. The van der Waals surface area contributed by atoms with Gasteiger partial charge in [0.2, 0.25) is 0 Å². The number of hydrogen-bond acceptors (Lipinski definition) is 3. The quantitative estimate of drug-likeness (QED) is 0.685. The first kappa shape index (κ1) is 11.4. The lowest BCUT2D eigenvalue weighted by Gasteiger charge is -2.18. The van der Waals surface area contributed by atoms with Crippen molar-refractivity contribution in [1.82, 2.24) is 10.6 Å². The Kier molecular flexibility index (Phi) is 4.00. The van der Waals surface area contributed by atoms with Gasteiger partial charge < -0.3 is 15.4 Å². The molecule has 0 radical (unpaired) electrons. The van der Waals surface area contributed by atoms with Crippen molar-refractivity contribution < 1.29 is 4.74 Å². The number of nitrogens with one attached hydrogen (secondary N) is 2. The first-order chi connectivity index (χ1) is 7.31. The van der Waals surface area contributed by atoms with Crippen LogP contribution >= 0.6 is 0 Å². The highest BCUT2D eigenvalue weighted by molar-refractivity contribution is 4.83. The van der Waals surface area contributed by atoms with Crippen LogP contribution in [0, 0.1) is 17.8 Å². The molecular formula is C12H24N2O. The lowest BCUT2D eigenvalue weighted by molar-refractivity contribution is 0.182. The van der Waals surface area contributed by atoms with Gasteiger partial charge in [-0.15, -0.1) is 0 Å². The molecule has 1 saturated carbocycles. The molecule has 0 aromatic heterocycles. The molecule has 15 heavy (non-hydrogen) atoms. The van der Waals surface area contributed by atoms with Gasteiger partial charge in [0.1, 0.15) is 0 Å². The van der Waals surface area contributed by atoms with Gasteiger partial charge >= 0.3 is 0 Å². The average molecular weight is 212 g/mol. The first-order valence-corrected chi connectivity index (χ1v) is 6.27. The minimum absolute atomic E-state index is 0.550. The topological polar surface area (TPSA) is 33.3 Å². The first-order valence-electron chi connectivity index (χ1n) is 6.27. The van der Waals surface area contributed by atoms with Crippen molar-refractivity contribution in [2.24, 2.45) is 17.8 Å². The molecule has 0 bridgehead atoms. The molecule has 0 aromatic rings. The summed E-state index contributed by atoms with van der Waals surface area (Å²) in [7, 11) is 2.03. The zero-order valence-corrected chi connectivity index (χ0v) is 9.96. The molecule has 3 atom stereocenters. The molecular weight excluding hydrogens is 188 g/mol. The van der Waals surface area contributed by atoms with Crippen molar-refractivity contribution in [1.29, 1.82) is 0 Å². The number of likely N-dealkylation sites (N-methyl/N-ethyl adjacent to an activating group) is 1. The maximum absolute atomic E-state index is 5.48. The van der Waals surface area contributed by atoms with Gasteiger partial charge in [-0.2, -0.15) is 0 Å². The molecule has 0 aromatic carbocycles. The van der Waals surface area contributed by atoms with Gasteiger partial charge in [-0.05, 0) is 38.3 Å². The third-order valence-electron chi connectivity index (χ3n) is 3.87. The Hall–Kier alpha value is -0.120. The van der Waals surface area contributed by atoms with Crippen molar-refractivity contribution in [3.63, 3.8) is 0 Å². The Labute approximate surface area is 93.0 Å². The number of hydrogen-bond donors (Lipinski definition) is 2. The van der Waals surface area contributed by atoms with Gasteiger partial charge in [-0.1, -0.05) is 6.92 Å². The molecule has 1 aliphatic heterocycles. The van der Waals surface area contributed by atoms with Crippen molar-refractivity contribution in [3.05, 3.63) is 0 Å². The maximum atomic E-state index is 5.48. The number of rotatable bonds is 6. The molecule has 1 heterocycles. The van der Waals surface area contributed by atoms with Crippen LogP contribution in [0.3, 0.4) is 0 Å². The Balaban J connectivity index is 1.60. The summed E-state index contributed by atoms with van der Waals surface area (Å²) in [6, 6.07) is 0.550. The van der Waals surface area contributed by atoms with E-state index < -0.39 is 0 Å². The summed E-state index contributed by atoms with van der Waals surface area (Å²) in [4.78, 5) is 0. The second kappa shape index (κ2) is 5.28. The van der Waals surface area contributed by atoms with Crippen LogP contribution in [0.1, 0.15) is 19.8 Å². The predicted molar refractivity (Wildman–Crippen MR) is 61.9 cm³/mol. The Morgan fingerprint density at radius 1 is 1.33 bits per heavy atom. The monoisotopic (exact) mass is 212 g/mol. The van der Waals surface area contributed by atoms with Gasteiger partial charge in [-0.25, -0.2) is 0 Å². The lowest BCUT2D eigenvalue weighted by Crippen LogP contribution is -2.39. The molecule has 0 amide bonds. The number of ether oxygens (including phenoxy) is 1. The fourth-order valence-electron chi connectivity index (χ4n) is 2.45. The summed E-state index contributed by atoms with van der Waals surface area (Å²) in [6.07, 6.45) is 2.91. The molecule has 2 aliphatic rings. The van der Waals surface area contributed by atoms with Crippen molar-refractivity contribution in [2.75, 3.05) is 33.4 Å². The van der Waals surface area contributed by atoms with Gasteiger partial charge in [0, 0.05) is 18.5 Å². The van der Waals surface area contributed by atoms with Gasteiger partial charge in [-0.3, -0.25) is 0 Å². The average Bonchev–Trinajstić information content (AvgIpc) is 2.99. The molecule has 2 fully saturated rings. The van der Waals surface area contributed by atoms with Crippen LogP contribution in [0.4, 0.5) is 0 Å². The van der Waals surface area contributed by atoms with Crippen LogP contribution < -0.4 is 10.6 Å². The van der Waals surface area contributed by atoms with Crippen LogP contribution in [-0.4, -0.2) is 39.4 Å². The lowest BCUT2D eigenvalue weighted by atomic mass is 10.0. The largest absolute Gasteiger partial charge is 0.379 e. The van der Waals surface area contributed by atoms with E-state index >= 15 is 0 Å². The molecule has 3 heteroatoms. The second-order valence-electron chi connectivity index (χ2n) is 5.17. The summed E-state index contributed by atoms with van der Waals surface area (Å²) in [6.45, 7) is 6.43. The molecule has 3 unspecified atom stereocenters. The van der Waals surface area contributed by atoms with Crippen molar-refractivity contribution >= 4 is 0 Å². The van der Waals surface area contributed by atoms with Crippen molar-refractivity contribution in [3.8, 4) is 0 Å². The van der Waals surface area contributed by atoms with Crippen LogP contribution in [0.5, 0.6) is 0 Å². The van der Waals surface area contributed by atoms with E-state index in [-0.39, 0.29) is 0 Å². The Morgan fingerprint density at radius 2 is 2.13 bits per heavy atom. The molecule has 2 rings (SSSR count). The SMILES string of the molecule is CNC1COCC1CNCC(C)C1CC1. The molecule has 1 aliphatic carbocycles. The van der Waals surface area contributed by atoms with E-state index in [9.17, 15) is 0 Å². The third kappa shape index (κ3) is 3.16. The van der Waals surface area contributed by atoms with E-state index in [0.717, 1.165) is 31.6 Å². The molecule has 2 N–H and O–H groups in total. The van der Waals surface area contributed by atoms with Crippen LogP contribution in [-0.2, 0) is 4.74 Å². The van der Waals surface area contributed by atoms with Crippen molar-refractivity contribution in [2.45, 2.75) is 25.8 Å².